The van der Waals surface area contributed by atoms with E-state index in [4.69, 9.17) is 11.6 Å². The summed E-state index contributed by atoms with van der Waals surface area (Å²) >= 11 is 6.22. The van der Waals surface area contributed by atoms with E-state index in [0.29, 0.717) is 17.1 Å². The fraction of sp³-hybridized carbons (Fsp3) is 0.647. The molecule has 7 heteroatoms. The molecule has 24 heavy (non-hydrogen) atoms. The number of piperidine rings is 1. The molecule has 2 aliphatic heterocycles. The van der Waals surface area contributed by atoms with Gasteiger partial charge in [0.2, 0.25) is 10.0 Å². The Morgan fingerprint density at radius 1 is 1.25 bits per heavy atom. The first-order valence-corrected chi connectivity index (χ1v) is 10.3. The third-order valence-electron chi connectivity index (χ3n) is 5.15. The van der Waals surface area contributed by atoms with Crippen LogP contribution in [0.3, 0.4) is 0 Å². The van der Waals surface area contributed by atoms with Crippen LogP contribution in [0.5, 0.6) is 0 Å². The SMILES string of the molecule is CCCc1ccc(Cl)c(S(=O)(=O)N(C)C2CC3CCC(C2)N3)c1.Cl. The lowest BCUT2D eigenvalue weighted by atomic mass is 10.0. The first kappa shape index (κ1) is 20.0. The van der Waals surface area contributed by atoms with Gasteiger partial charge < -0.3 is 5.32 Å². The number of benzene rings is 1. The predicted octanol–water partition coefficient (Wildman–Crippen LogP) is 3.62. The summed E-state index contributed by atoms with van der Waals surface area (Å²) in [5.41, 5.74) is 1.02. The Hall–Kier alpha value is -0.330. The van der Waals surface area contributed by atoms with Crippen molar-refractivity contribution in [2.45, 2.75) is 68.5 Å². The van der Waals surface area contributed by atoms with Crippen LogP contribution in [0.2, 0.25) is 5.02 Å². The number of sulfonamides is 1. The van der Waals surface area contributed by atoms with E-state index in [0.717, 1.165) is 44.1 Å². The highest BCUT2D eigenvalue weighted by Crippen LogP contribution is 2.33. The van der Waals surface area contributed by atoms with Crippen molar-refractivity contribution in [2.75, 3.05) is 7.05 Å². The second-order valence-electron chi connectivity index (χ2n) is 6.80. The zero-order valence-electron chi connectivity index (χ0n) is 14.2. The summed E-state index contributed by atoms with van der Waals surface area (Å²) in [6.45, 7) is 2.08. The van der Waals surface area contributed by atoms with Crippen molar-refractivity contribution in [3.63, 3.8) is 0 Å². The first-order valence-electron chi connectivity index (χ1n) is 8.44. The van der Waals surface area contributed by atoms with E-state index < -0.39 is 10.0 Å². The van der Waals surface area contributed by atoms with E-state index in [2.05, 4.69) is 12.2 Å². The average molecular weight is 393 g/mol. The van der Waals surface area contributed by atoms with Gasteiger partial charge in [0.15, 0.2) is 0 Å². The summed E-state index contributed by atoms with van der Waals surface area (Å²) in [5.74, 6) is 0. The molecule has 0 amide bonds. The lowest BCUT2D eigenvalue weighted by Crippen LogP contribution is -2.48. The Morgan fingerprint density at radius 2 is 1.88 bits per heavy atom. The van der Waals surface area contributed by atoms with Gasteiger partial charge in [-0.15, -0.1) is 12.4 Å². The molecule has 1 N–H and O–H groups in total. The van der Waals surface area contributed by atoms with Crippen LogP contribution in [-0.4, -0.2) is 37.9 Å². The zero-order valence-corrected chi connectivity index (χ0v) is 16.6. The van der Waals surface area contributed by atoms with Crippen LogP contribution < -0.4 is 5.32 Å². The van der Waals surface area contributed by atoms with E-state index in [-0.39, 0.29) is 23.3 Å². The lowest BCUT2D eigenvalue weighted by molar-refractivity contribution is 0.251. The normalized spacial score (nSPS) is 26.4. The minimum atomic E-state index is -3.56. The second-order valence-corrected chi connectivity index (χ2v) is 9.17. The number of fused-ring (bicyclic) bond motifs is 2. The Labute approximate surface area is 156 Å². The summed E-state index contributed by atoms with van der Waals surface area (Å²) in [6, 6.07) is 6.34. The summed E-state index contributed by atoms with van der Waals surface area (Å²) in [4.78, 5) is 0.249. The van der Waals surface area contributed by atoms with E-state index in [1.165, 1.54) is 0 Å². The van der Waals surface area contributed by atoms with Crippen molar-refractivity contribution < 1.29 is 8.42 Å². The molecular weight excluding hydrogens is 367 g/mol. The zero-order chi connectivity index (χ0) is 16.6. The number of hydrogen-bond donors (Lipinski definition) is 1. The average Bonchev–Trinajstić information content (AvgIpc) is 2.86. The van der Waals surface area contributed by atoms with Crippen LogP contribution in [0.4, 0.5) is 0 Å². The van der Waals surface area contributed by atoms with E-state index in [1.807, 2.05) is 6.07 Å². The van der Waals surface area contributed by atoms with Crippen LogP contribution >= 0.6 is 24.0 Å². The van der Waals surface area contributed by atoms with Crippen LogP contribution in [0.1, 0.15) is 44.6 Å². The largest absolute Gasteiger partial charge is 0.311 e. The molecule has 4 nitrogen and oxygen atoms in total. The molecule has 0 saturated carbocycles. The van der Waals surface area contributed by atoms with Crippen LogP contribution in [0, 0.1) is 0 Å². The number of nitrogens with zero attached hydrogens (tertiary/aromatic N) is 1. The van der Waals surface area contributed by atoms with Gasteiger partial charge in [-0.05, 0) is 49.8 Å². The fourth-order valence-corrected chi connectivity index (χ4v) is 5.76. The maximum absolute atomic E-state index is 13.1. The maximum Gasteiger partial charge on any atom is 0.244 e. The molecule has 2 fully saturated rings. The first-order chi connectivity index (χ1) is 10.9. The van der Waals surface area contributed by atoms with Gasteiger partial charge in [-0.25, -0.2) is 8.42 Å². The molecule has 2 aliphatic rings. The summed E-state index contributed by atoms with van der Waals surface area (Å²) in [5, 5.41) is 3.87. The molecule has 0 radical (unpaired) electrons. The molecule has 1 aromatic carbocycles. The highest BCUT2D eigenvalue weighted by atomic mass is 35.5. The topological polar surface area (TPSA) is 49.4 Å². The molecule has 2 heterocycles. The van der Waals surface area contributed by atoms with Crippen molar-refractivity contribution in [2.24, 2.45) is 0 Å². The van der Waals surface area contributed by atoms with Crippen molar-refractivity contribution in [1.82, 2.24) is 9.62 Å². The quantitative estimate of drug-likeness (QED) is 0.832. The van der Waals surface area contributed by atoms with Gasteiger partial charge in [0.25, 0.3) is 0 Å². The molecule has 0 spiro atoms. The third kappa shape index (κ3) is 3.91. The molecule has 136 valence electrons. The molecule has 0 aliphatic carbocycles. The van der Waals surface area contributed by atoms with Crippen LogP contribution in [0.25, 0.3) is 0 Å². The minimum Gasteiger partial charge on any atom is -0.311 e. The summed E-state index contributed by atoms with van der Waals surface area (Å²) < 4.78 is 27.7. The molecule has 3 rings (SSSR count). The van der Waals surface area contributed by atoms with Gasteiger partial charge >= 0.3 is 0 Å². The number of nitrogens with one attached hydrogen (secondary N) is 1. The Kier molecular flexibility index (Phi) is 6.59. The van der Waals surface area contributed by atoms with E-state index in [9.17, 15) is 8.42 Å². The van der Waals surface area contributed by atoms with E-state index >= 15 is 0 Å². The lowest BCUT2D eigenvalue weighted by Gasteiger charge is -2.35. The number of halogens is 2. The number of rotatable bonds is 5. The van der Waals surface area contributed by atoms with Crippen molar-refractivity contribution >= 4 is 34.0 Å². The minimum absolute atomic E-state index is 0. The van der Waals surface area contributed by atoms with Crippen molar-refractivity contribution in [3.05, 3.63) is 28.8 Å². The Bertz CT molecular complexity index is 669. The van der Waals surface area contributed by atoms with Crippen LogP contribution in [-0.2, 0) is 16.4 Å². The molecular formula is C17H26Cl2N2O2S. The molecule has 1 aromatic rings. The van der Waals surface area contributed by atoms with Gasteiger partial charge in [-0.2, -0.15) is 4.31 Å². The number of aryl methyl sites for hydroxylation is 1. The maximum atomic E-state index is 13.1. The highest BCUT2D eigenvalue weighted by Gasteiger charge is 2.39. The molecule has 2 atom stereocenters. The van der Waals surface area contributed by atoms with Gasteiger partial charge in [0.1, 0.15) is 4.90 Å². The third-order valence-corrected chi connectivity index (χ3v) is 7.55. The second kappa shape index (κ2) is 7.92. The molecule has 2 unspecified atom stereocenters. The standard InChI is InChI=1S/C17H25ClN2O2S.ClH/c1-3-4-12-5-8-16(18)17(9-12)23(21,22)20(2)15-10-13-6-7-14(11-15)19-13;/h5,8-9,13-15,19H,3-4,6-7,10-11H2,1-2H3;1H. The van der Waals surface area contributed by atoms with Crippen molar-refractivity contribution in [1.29, 1.82) is 0 Å². The Morgan fingerprint density at radius 3 is 2.46 bits per heavy atom. The van der Waals surface area contributed by atoms with Crippen molar-refractivity contribution in [3.8, 4) is 0 Å². The van der Waals surface area contributed by atoms with E-state index in [1.54, 1.807) is 23.5 Å². The van der Waals surface area contributed by atoms with Gasteiger partial charge in [0.05, 0.1) is 5.02 Å². The molecule has 2 saturated heterocycles. The van der Waals surface area contributed by atoms with Gasteiger partial charge in [-0.3, -0.25) is 0 Å². The van der Waals surface area contributed by atoms with Gasteiger partial charge in [0, 0.05) is 25.2 Å². The fourth-order valence-electron chi connectivity index (χ4n) is 3.87. The monoisotopic (exact) mass is 392 g/mol. The summed E-state index contributed by atoms with van der Waals surface area (Å²) in [6.07, 6.45) is 5.93. The summed E-state index contributed by atoms with van der Waals surface area (Å²) in [7, 11) is -1.85. The number of hydrogen-bond acceptors (Lipinski definition) is 3. The molecule has 2 bridgehead atoms. The molecule has 0 aromatic heterocycles. The predicted molar refractivity (Wildman–Crippen MR) is 101 cm³/mol. The van der Waals surface area contributed by atoms with Crippen LogP contribution in [0.15, 0.2) is 23.1 Å². The smallest absolute Gasteiger partial charge is 0.244 e. The van der Waals surface area contributed by atoms with Gasteiger partial charge in [-0.1, -0.05) is 31.0 Å². The Balaban J connectivity index is 0.00000208. The highest BCUT2D eigenvalue weighted by molar-refractivity contribution is 7.89.